The summed E-state index contributed by atoms with van der Waals surface area (Å²) in [5.74, 6) is 0.709. The molecule has 3 rings (SSSR count). The molecule has 0 fully saturated rings. The van der Waals surface area contributed by atoms with Crippen LogP contribution in [-0.2, 0) is 0 Å². The number of rotatable bonds is 2. The third kappa shape index (κ3) is 1.83. The van der Waals surface area contributed by atoms with Crippen molar-refractivity contribution in [3.05, 3.63) is 48.7 Å². The van der Waals surface area contributed by atoms with Gasteiger partial charge in [-0.15, -0.1) is 0 Å². The van der Waals surface area contributed by atoms with Gasteiger partial charge >= 0.3 is 0 Å². The molecule has 3 nitrogen and oxygen atoms in total. The van der Waals surface area contributed by atoms with E-state index in [1.807, 2.05) is 42.5 Å². The lowest BCUT2D eigenvalue weighted by Gasteiger charge is -1.93. The van der Waals surface area contributed by atoms with Gasteiger partial charge in [0.05, 0.1) is 6.26 Å². The minimum atomic E-state index is 0.679. The van der Waals surface area contributed by atoms with Gasteiger partial charge < -0.3 is 10.2 Å². The number of hydrogen-bond acceptors (Lipinski definition) is 4. The van der Waals surface area contributed by atoms with Gasteiger partial charge in [0.1, 0.15) is 15.7 Å². The fraction of sp³-hybridized carbons (Fsp3) is 0. The Morgan fingerprint density at radius 3 is 2.59 bits per heavy atom. The predicted molar refractivity (Wildman–Crippen MR) is 69.7 cm³/mol. The van der Waals surface area contributed by atoms with Crippen molar-refractivity contribution in [2.24, 2.45) is 0 Å². The van der Waals surface area contributed by atoms with E-state index in [1.54, 1.807) is 6.26 Å². The zero-order chi connectivity index (χ0) is 11.7. The lowest BCUT2D eigenvalue weighted by atomic mass is 10.2. The summed E-state index contributed by atoms with van der Waals surface area (Å²) in [7, 11) is 0. The van der Waals surface area contributed by atoms with E-state index < -0.39 is 0 Å². The molecule has 3 aromatic rings. The Morgan fingerprint density at radius 1 is 1.06 bits per heavy atom. The van der Waals surface area contributed by atoms with Gasteiger partial charge in [0.15, 0.2) is 5.76 Å². The first-order valence-corrected chi connectivity index (χ1v) is 6.02. The summed E-state index contributed by atoms with van der Waals surface area (Å²) in [6.07, 6.45) is 1.62. The maximum atomic E-state index is 5.97. The molecule has 0 aliphatic rings. The van der Waals surface area contributed by atoms with Crippen molar-refractivity contribution in [3.63, 3.8) is 0 Å². The van der Waals surface area contributed by atoms with Crippen molar-refractivity contribution in [1.82, 2.24) is 4.98 Å². The van der Waals surface area contributed by atoms with Crippen molar-refractivity contribution >= 4 is 16.3 Å². The highest BCUT2D eigenvalue weighted by molar-refractivity contribution is 7.19. The number of furan rings is 1. The third-order valence-corrected chi connectivity index (χ3v) is 3.36. The molecule has 84 valence electrons. The van der Waals surface area contributed by atoms with Crippen molar-refractivity contribution in [1.29, 1.82) is 0 Å². The number of nitrogens with zero attached hydrogens (tertiary/aromatic N) is 1. The zero-order valence-corrected chi connectivity index (χ0v) is 9.78. The summed E-state index contributed by atoms with van der Waals surface area (Å²) in [5, 5.41) is 1.59. The van der Waals surface area contributed by atoms with Gasteiger partial charge in [0.25, 0.3) is 0 Å². The lowest BCUT2D eigenvalue weighted by molar-refractivity contribution is 0.581. The molecular formula is C13H10N2OS. The van der Waals surface area contributed by atoms with Gasteiger partial charge in [-0.2, -0.15) is 0 Å². The SMILES string of the molecule is Nc1sc(-c2ccccc2)nc1-c1ccco1. The number of nitrogens with two attached hydrogens (primary N) is 1. The average molecular weight is 242 g/mol. The van der Waals surface area contributed by atoms with Gasteiger partial charge in [-0.1, -0.05) is 41.7 Å². The minimum absolute atomic E-state index is 0.679. The summed E-state index contributed by atoms with van der Waals surface area (Å²) in [6, 6.07) is 13.7. The Morgan fingerprint density at radius 2 is 1.88 bits per heavy atom. The molecule has 17 heavy (non-hydrogen) atoms. The van der Waals surface area contributed by atoms with Gasteiger partial charge in [-0.05, 0) is 12.1 Å². The molecule has 4 heteroatoms. The second kappa shape index (κ2) is 4.07. The van der Waals surface area contributed by atoms with Crippen LogP contribution in [0.5, 0.6) is 0 Å². The number of thiazole rings is 1. The molecule has 0 radical (unpaired) electrons. The predicted octanol–water partition coefficient (Wildman–Crippen LogP) is 3.65. The van der Waals surface area contributed by atoms with E-state index in [0.29, 0.717) is 10.8 Å². The summed E-state index contributed by atoms with van der Waals surface area (Å²) in [6.45, 7) is 0. The van der Waals surface area contributed by atoms with Crippen LogP contribution in [0.25, 0.3) is 22.0 Å². The average Bonchev–Trinajstić information content (AvgIpc) is 2.99. The zero-order valence-electron chi connectivity index (χ0n) is 8.96. The van der Waals surface area contributed by atoms with Crippen LogP contribution in [0.3, 0.4) is 0 Å². The monoisotopic (exact) mass is 242 g/mol. The van der Waals surface area contributed by atoms with E-state index in [1.165, 1.54) is 11.3 Å². The van der Waals surface area contributed by atoms with Crippen LogP contribution < -0.4 is 5.73 Å². The molecule has 1 aromatic carbocycles. The molecule has 2 aromatic heterocycles. The van der Waals surface area contributed by atoms with E-state index in [2.05, 4.69) is 4.98 Å². The Bertz CT molecular complexity index is 614. The van der Waals surface area contributed by atoms with Gasteiger partial charge in [-0.3, -0.25) is 0 Å². The van der Waals surface area contributed by atoms with Crippen LogP contribution in [-0.4, -0.2) is 4.98 Å². The Kier molecular flexibility index (Phi) is 2.42. The van der Waals surface area contributed by atoms with Crippen molar-refractivity contribution < 1.29 is 4.42 Å². The smallest absolute Gasteiger partial charge is 0.155 e. The molecular weight excluding hydrogens is 232 g/mol. The first-order valence-electron chi connectivity index (χ1n) is 5.20. The van der Waals surface area contributed by atoms with Gasteiger partial charge in [0, 0.05) is 5.56 Å². The number of anilines is 1. The van der Waals surface area contributed by atoms with Crippen molar-refractivity contribution in [3.8, 4) is 22.0 Å². The van der Waals surface area contributed by atoms with Crippen molar-refractivity contribution in [2.75, 3.05) is 5.73 Å². The molecule has 0 spiro atoms. The van der Waals surface area contributed by atoms with Gasteiger partial charge in [-0.25, -0.2) is 4.98 Å². The standard InChI is InChI=1S/C13H10N2OS/c14-12-11(10-7-4-8-16-10)15-13(17-12)9-5-2-1-3-6-9/h1-8H,14H2. The normalized spacial score (nSPS) is 10.6. The minimum Gasteiger partial charge on any atom is -0.463 e. The first kappa shape index (κ1) is 10.1. The van der Waals surface area contributed by atoms with Crippen LogP contribution in [0.15, 0.2) is 53.1 Å². The summed E-state index contributed by atoms with van der Waals surface area (Å²) < 4.78 is 5.31. The van der Waals surface area contributed by atoms with Crippen LogP contribution in [0.4, 0.5) is 5.00 Å². The molecule has 0 saturated carbocycles. The highest BCUT2D eigenvalue weighted by atomic mass is 32.1. The molecule has 2 heterocycles. The Balaban J connectivity index is 2.08. The maximum absolute atomic E-state index is 5.97. The van der Waals surface area contributed by atoms with Crippen LogP contribution in [0.1, 0.15) is 0 Å². The number of hydrogen-bond donors (Lipinski definition) is 1. The molecule has 0 unspecified atom stereocenters. The quantitative estimate of drug-likeness (QED) is 0.746. The second-order valence-electron chi connectivity index (χ2n) is 3.58. The largest absolute Gasteiger partial charge is 0.463 e. The Hall–Kier alpha value is -2.07. The van der Waals surface area contributed by atoms with Crippen LogP contribution >= 0.6 is 11.3 Å². The second-order valence-corrected chi connectivity index (χ2v) is 4.61. The summed E-state index contributed by atoms with van der Waals surface area (Å²) in [4.78, 5) is 4.52. The molecule has 0 aliphatic carbocycles. The number of nitrogen functional groups attached to an aromatic ring is 1. The summed E-state index contributed by atoms with van der Waals surface area (Å²) in [5.41, 5.74) is 7.76. The fourth-order valence-electron chi connectivity index (χ4n) is 1.63. The Labute approximate surface area is 103 Å². The number of benzene rings is 1. The molecule has 0 bridgehead atoms. The molecule has 2 N–H and O–H groups in total. The molecule has 0 amide bonds. The third-order valence-electron chi connectivity index (χ3n) is 2.43. The van der Waals surface area contributed by atoms with E-state index in [9.17, 15) is 0 Å². The topological polar surface area (TPSA) is 52.0 Å². The maximum Gasteiger partial charge on any atom is 0.155 e. The van der Waals surface area contributed by atoms with E-state index in [0.717, 1.165) is 16.3 Å². The number of aromatic nitrogens is 1. The van der Waals surface area contributed by atoms with Crippen LogP contribution in [0.2, 0.25) is 0 Å². The molecule has 0 saturated heterocycles. The van der Waals surface area contributed by atoms with Crippen LogP contribution in [0, 0.1) is 0 Å². The lowest BCUT2D eigenvalue weighted by Crippen LogP contribution is -1.83. The molecule has 0 atom stereocenters. The molecule has 0 aliphatic heterocycles. The highest BCUT2D eigenvalue weighted by Gasteiger charge is 2.13. The summed E-state index contributed by atoms with van der Waals surface area (Å²) >= 11 is 1.47. The van der Waals surface area contributed by atoms with E-state index >= 15 is 0 Å². The van der Waals surface area contributed by atoms with E-state index in [-0.39, 0.29) is 0 Å². The van der Waals surface area contributed by atoms with Gasteiger partial charge in [0.2, 0.25) is 0 Å². The highest BCUT2D eigenvalue weighted by Crippen LogP contribution is 2.35. The fourth-order valence-corrected chi connectivity index (χ4v) is 2.47. The first-order chi connectivity index (χ1) is 8.34. The van der Waals surface area contributed by atoms with Crippen molar-refractivity contribution in [2.45, 2.75) is 0 Å². The van der Waals surface area contributed by atoms with E-state index in [4.69, 9.17) is 10.2 Å².